The van der Waals surface area contributed by atoms with Crippen LogP contribution < -0.4 is 9.47 Å². The van der Waals surface area contributed by atoms with Gasteiger partial charge in [-0.15, -0.1) is 0 Å². The molecule has 0 amide bonds. The molecule has 0 saturated heterocycles. The summed E-state index contributed by atoms with van der Waals surface area (Å²) in [5, 5.41) is 0.565. The first-order chi connectivity index (χ1) is 10.7. The number of ether oxygens (including phenoxy) is 2. The largest absolute Gasteiger partial charge is 0.481 e. The Kier molecular flexibility index (Phi) is 7.77. The van der Waals surface area contributed by atoms with Crippen molar-refractivity contribution in [2.45, 2.75) is 27.7 Å². The lowest BCUT2D eigenvalue weighted by Gasteiger charge is -2.08. The van der Waals surface area contributed by atoms with Gasteiger partial charge in [0.2, 0.25) is 11.8 Å². The first-order valence-electron chi connectivity index (χ1n) is 6.76. The van der Waals surface area contributed by atoms with Gasteiger partial charge in [-0.2, -0.15) is 0 Å². The minimum atomic E-state index is 0.481. The monoisotopic (exact) mass is 464 g/mol. The minimum absolute atomic E-state index is 0.481. The molecule has 2 rings (SSSR count). The van der Waals surface area contributed by atoms with Crippen LogP contribution in [0.15, 0.2) is 15.0 Å². The van der Waals surface area contributed by atoms with Gasteiger partial charge in [0, 0.05) is 15.0 Å². The van der Waals surface area contributed by atoms with E-state index >= 15 is 0 Å². The Labute approximate surface area is 158 Å². The van der Waals surface area contributed by atoms with Crippen LogP contribution in [0.25, 0.3) is 0 Å². The Morgan fingerprint density at radius 2 is 1.48 bits per heavy atom. The van der Waals surface area contributed by atoms with Gasteiger partial charge in [-0.3, -0.25) is 0 Å². The number of aryl methyl sites for hydroxylation is 3. The van der Waals surface area contributed by atoms with E-state index in [4.69, 9.17) is 21.1 Å². The zero-order chi connectivity index (χ0) is 17.7. The zero-order valence-electron chi connectivity index (χ0n) is 13.9. The molecule has 0 aliphatic carbocycles. The van der Waals surface area contributed by atoms with Gasteiger partial charge in [0.25, 0.3) is 0 Å². The van der Waals surface area contributed by atoms with Crippen molar-refractivity contribution in [3.05, 3.63) is 42.5 Å². The van der Waals surface area contributed by atoms with E-state index in [0.29, 0.717) is 16.8 Å². The molecular weight excluding hydrogens is 447 g/mol. The third kappa shape index (κ3) is 5.06. The van der Waals surface area contributed by atoms with Crippen LogP contribution in [0.1, 0.15) is 22.5 Å². The van der Waals surface area contributed by atoms with Crippen molar-refractivity contribution in [1.82, 2.24) is 9.97 Å². The Morgan fingerprint density at radius 3 is 1.96 bits per heavy atom. The standard InChI is InChI=1S/C8H9BrClNO.C8H10BrNO/c1-4-6(9)5(2)11-8(12-3)7(4)10;1-5-4-7(11-3)10-6(2)8(5)9/h1-3H3;4H,1-3H3. The average molecular weight is 467 g/mol. The fourth-order valence-corrected chi connectivity index (χ4v) is 2.62. The summed E-state index contributed by atoms with van der Waals surface area (Å²) >= 11 is 12.8. The second-order valence-corrected chi connectivity index (χ2v) is 6.80. The fraction of sp³-hybridized carbons (Fsp3) is 0.375. The first kappa shape index (κ1) is 20.2. The molecule has 0 aromatic carbocycles. The summed E-state index contributed by atoms with van der Waals surface area (Å²) in [6, 6.07) is 1.90. The van der Waals surface area contributed by atoms with E-state index in [1.165, 1.54) is 0 Å². The van der Waals surface area contributed by atoms with Crippen LogP contribution in [-0.4, -0.2) is 24.2 Å². The summed E-state index contributed by atoms with van der Waals surface area (Å²) in [6.45, 7) is 7.78. The van der Waals surface area contributed by atoms with Crippen LogP contribution in [-0.2, 0) is 0 Å². The molecular formula is C16H19Br2ClN2O2. The highest BCUT2D eigenvalue weighted by atomic mass is 79.9. The third-order valence-electron chi connectivity index (χ3n) is 3.12. The van der Waals surface area contributed by atoms with Gasteiger partial charge >= 0.3 is 0 Å². The summed E-state index contributed by atoms with van der Waals surface area (Å²) in [5.41, 5.74) is 3.95. The number of halogens is 3. The number of aromatic nitrogens is 2. The molecule has 2 heterocycles. The van der Waals surface area contributed by atoms with Crippen LogP contribution in [0.3, 0.4) is 0 Å². The van der Waals surface area contributed by atoms with E-state index in [1.54, 1.807) is 14.2 Å². The average Bonchev–Trinajstić information content (AvgIpc) is 2.54. The number of methoxy groups -OCH3 is 2. The van der Waals surface area contributed by atoms with E-state index < -0.39 is 0 Å². The van der Waals surface area contributed by atoms with E-state index in [2.05, 4.69) is 41.8 Å². The molecule has 4 nitrogen and oxygen atoms in total. The summed E-state index contributed by atoms with van der Waals surface area (Å²) in [7, 11) is 3.18. The number of rotatable bonds is 2. The van der Waals surface area contributed by atoms with Gasteiger partial charge in [0.15, 0.2) is 0 Å². The van der Waals surface area contributed by atoms with Gasteiger partial charge in [-0.05, 0) is 70.7 Å². The number of nitrogens with zero attached hydrogens (tertiary/aromatic N) is 2. The van der Waals surface area contributed by atoms with Crippen molar-refractivity contribution in [3.63, 3.8) is 0 Å². The maximum Gasteiger partial charge on any atom is 0.232 e. The van der Waals surface area contributed by atoms with Crippen LogP contribution in [0, 0.1) is 27.7 Å². The lowest BCUT2D eigenvalue weighted by Crippen LogP contribution is -1.95. The Bertz CT molecular complexity index is 686. The SMILES string of the molecule is COc1cc(C)c(Br)c(C)n1.COc1nc(C)c(Br)c(C)c1Cl. The van der Waals surface area contributed by atoms with Crippen molar-refractivity contribution in [3.8, 4) is 11.8 Å². The zero-order valence-corrected chi connectivity index (χ0v) is 17.9. The van der Waals surface area contributed by atoms with Crippen molar-refractivity contribution in [2.75, 3.05) is 14.2 Å². The summed E-state index contributed by atoms with van der Waals surface area (Å²) < 4.78 is 12.0. The fourth-order valence-electron chi connectivity index (χ4n) is 1.80. The summed E-state index contributed by atoms with van der Waals surface area (Å²) in [6.07, 6.45) is 0. The van der Waals surface area contributed by atoms with Crippen molar-refractivity contribution < 1.29 is 9.47 Å². The number of pyridine rings is 2. The maximum atomic E-state index is 5.95. The predicted molar refractivity (Wildman–Crippen MR) is 101 cm³/mol. The normalized spacial score (nSPS) is 9.96. The molecule has 0 N–H and O–H groups in total. The molecule has 0 unspecified atom stereocenters. The molecule has 2 aromatic rings. The molecule has 7 heteroatoms. The van der Waals surface area contributed by atoms with Gasteiger partial charge < -0.3 is 9.47 Å². The Hall–Kier alpha value is -0.850. The number of hydrogen-bond donors (Lipinski definition) is 0. The van der Waals surface area contributed by atoms with E-state index in [9.17, 15) is 0 Å². The quantitative estimate of drug-likeness (QED) is 0.579. The van der Waals surface area contributed by atoms with E-state index in [0.717, 1.165) is 31.5 Å². The minimum Gasteiger partial charge on any atom is -0.481 e. The molecule has 0 radical (unpaired) electrons. The van der Waals surface area contributed by atoms with Crippen molar-refractivity contribution in [2.24, 2.45) is 0 Å². The molecule has 0 aliphatic rings. The summed E-state index contributed by atoms with van der Waals surface area (Å²) in [5.74, 6) is 1.15. The molecule has 0 spiro atoms. The van der Waals surface area contributed by atoms with Crippen LogP contribution in [0.4, 0.5) is 0 Å². The Balaban J connectivity index is 0.000000231. The van der Waals surface area contributed by atoms with Crippen LogP contribution >= 0.6 is 43.5 Å². The van der Waals surface area contributed by atoms with Crippen molar-refractivity contribution in [1.29, 1.82) is 0 Å². The van der Waals surface area contributed by atoms with E-state index in [-0.39, 0.29) is 0 Å². The lowest BCUT2D eigenvalue weighted by molar-refractivity contribution is 0.396. The molecule has 0 saturated carbocycles. The molecule has 0 bridgehead atoms. The molecule has 0 fully saturated rings. The molecule has 2 aromatic heterocycles. The van der Waals surface area contributed by atoms with E-state index in [1.807, 2.05) is 33.8 Å². The highest BCUT2D eigenvalue weighted by Gasteiger charge is 2.11. The Morgan fingerprint density at radius 1 is 0.913 bits per heavy atom. The molecule has 0 aliphatic heterocycles. The summed E-state index contributed by atoms with van der Waals surface area (Å²) in [4.78, 5) is 8.33. The number of hydrogen-bond acceptors (Lipinski definition) is 4. The second-order valence-electron chi connectivity index (χ2n) is 4.84. The first-order valence-corrected chi connectivity index (χ1v) is 8.73. The molecule has 23 heavy (non-hydrogen) atoms. The highest BCUT2D eigenvalue weighted by molar-refractivity contribution is 9.10. The van der Waals surface area contributed by atoms with Gasteiger partial charge in [0.1, 0.15) is 5.02 Å². The molecule has 126 valence electrons. The van der Waals surface area contributed by atoms with Crippen LogP contribution in [0.5, 0.6) is 11.8 Å². The van der Waals surface area contributed by atoms with Gasteiger partial charge in [-0.25, -0.2) is 9.97 Å². The topological polar surface area (TPSA) is 44.2 Å². The predicted octanol–water partition coefficient (Wildman–Crippen LogP) is 5.59. The molecule has 0 atom stereocenters. The third-order valence-corrected chi connectivity index (χ3v) is 5.93. The highest BCUT2D eigenvalue weighted by Crippen LogP contribution is 2.32. The smallest absolute Gasteiger partial charge is 0.232 e. The lowest BCUT2D eigenvalue weighted by atomic mass is 10.2. The van der Waals surface area contributed by atoms with Crippen molar-refractivity contribution >= 4 is 43.5 Å². The maximum absolute atomic E-state index is 5.95. The van der Waals surface area contributed by atoms with Gasteiger partial charge in [-0.1, -0.05) is 11.6 Å². The van der Waals surface area contributed by atoms with Gasteiger partial charge in [0.05, 0.1) is 25.6 Å². The van der Waals surface area contributed by atoms with Crippen LogP contribution in [0.2, 0.25) is 5.02 Å². The second kappa shape index (κ2) is 8.85.